The number of methoxy groups -OCH3 is 2. The van der Waals surface area contributed by atoms with E-state index >= 15 is 0 Å². The van der Waals surface area contributed by atoms with Crippen LogP contribution in [0.5, 0.6) is 11.5 Å². The topological polar surface area (TPSA) is 132 Å². The summed E-state index contributed by atoms with van der Waals surface area (Å²) in [6.07, 6.45) is 0. The summed E-state index contributed by atoms with van der Waals surface area (Å²) in [7, 11) is -1.56. The second-order valence-corrected chi connectivity index (χ2v) is 7.30. The molecule has 2 N–H and O–H groups in total. The van der Waals surface area contributed by atoms with Gasteiger partial charge in [0.2, 0.25) is 0 Å². The van der Waals surface area contributed by atoms with Crippen LogP contribution in [0.2, 0.25) is 0 Å². The zero-order valence-electron chi connectivity index (χ0n) is 14.8. The van der Waals surface area contributed by atoms with E-state index in [1.807, 2.05) is 0 Å². The van der Waals surface area contributed by atoms with Crippen molar-refractivity contribution in [3.63, 3.8) is 0 Å². The molecular weight excluding hydrogens is 390 g/mol. The molecule has 10 heteroatoms. The molecule has 0 aliphatic heterocycles. The van der Waals surface area contributed by atoms with Crippen LogP contribution in [0.25, 0.3) is 11.0 Å². The maximum Gasteiger partial charge on any atom is 0.338 e. The third-order valence-electron chi connectivity index (χ3n) is 3.90. The minimum absolute atomic E-state index is 0.0212. The highest BCUT2D eigenvalue weighted by molar-refractivity contribution is 7.92. The van der Waals surface area contributed by atoms with Crippen LogP contribution in [0, 0.1) is 0 Å². The molecule has 0 saturated heterocycles. The monoisotopic (exact) mass is 405 g/mol. The van der Waals surface area contributed by atoms with Gasteiger partial charge in [-0.2, -0.15) is 0 Å². The number of anilines is 1. The number of rotatable bonds is 6. The molecule has 0 amide bonds. The number of aromatic carboxylic acids is 1. The molecular formula is C18H15NO8S. The first-order chi connectivity index (χ1) is 13.2. The highest BCUT2D eigenvalue weighted by atomic mass is 32.2. The molecule has 0 bridgehead atoms. The van der Waals surface area contributed by atoms with Crippen molar-refractivity contribution in [2.75, 3.05) is 18.9 Å². The first-order valence-electron chi connectivity index (χ1n) is 7.81. The van der Waals surface area contributed by atoms with Gasteiger partial charge in [-0.3, -0.25) is 4.72 Å². The quantitative estimate of drug-likeness (QED) is 0.597. The Morgan fingerprint density at radius 3 is 2.46 bits per heavy atom. The lowest BCUT2D eigenvalue weighted by Crippen LogP contribution is -2.16. The van der Waals surface area contributed by atoms with Gasteiger partial charge in [0, 0.05) is 17.5 Å². The number of benzene rings is 2. The van der Waals surface area contributed by atoms with Gasteiger partial charge in [0.05, 0.1) is 24.7 Å². The number of carboxylic acid groups (broad SMARTS) is 1. The molecule has 2 aromatic carbocycles. The summed E-state index contributed by atoms with van der Waals surface area (Å²) in [6.45, 7) is 0. The fraction of sp³-hybridized carbons (Fsp3) is 0.111. The molecule has 146 valence electrons. The Morgan fingerprint density at radius 2 is 1.82 bits per heavy atom. The molecule has 0 atom stereocenters. The largest absolute Gasteiger partial charge is 0.497 e. The number of sulfonamides is 1. The standard InChI is InChI=1S/C18H15NO8S/c1-25-11-8-13(18(21)22)17(15(9-11)26-2)19-28(23,24)12-4-5-14-10(7-12)3-6-16(20)27-14/h3-9,19H,1-2H3,(H,21,22). The van der Waals surface area contributed by atoms with E-state index in [1.54, 1.807) is 0 Å². The fourth-order valence-corrected chi connectivity index (χ4v) is 3.68. The molecule has 0 unspecified atom stereocenters. The van der Waals surface area contributed by atoms with E-state index in [0.29, 0.717) is 5.39 Å². The van der Waals surface area contributed by atoms with Crippen LogP contribution < -0.4 is 19.8 Å². The lowest BCUT2D eigenvalue weighted by Gasteiger charge is -2.16. The Balaban J connectivity index is 2.11. The summed E-state index contributed by atoms with van der Waals surface area (Å²) in [6, 6.07) is 9.02. The van der Waals surface area contributed by atoms with E-state index in [9.17, 15) is 23.1 Å². The zero-order valence-corrected chi connectivity index (χ0v) is 15.6. The van der Waals surface area contributed by atoms with Crippen LogP contribution in [0.4, 0.5) is 5.69 Å². The molecule has 3 aromatic rings. The normalized spacial score (nSPS) is 11.2. The maximum absolute atomic E-state index is 12.8. The number of hydrogen-bond donors (Lipinski definition) is 2. The highest BCUT2D eigenvalue weighted by Gasteiger charge is 2.24. The number of carboxylic acids is 1. The molecule has 3 rings (SSSR count). The smallest absolute Gasteiger partial charge is 0.338 e. The summed E-state index contributed by atoms with van der Waals surface area (Å²) in [5.74, 6) is -1.19. The Morgan fingerprint density at radius 1 is 1.07 bits per heavy atom. The summed E-state index contributed by atoms with van der Waals surface area (Å²) in [5.41, 5.74) is -0.919. The third kappa shape index (κ3) is 3.62. The van der Waals surface area contributed by atoms with E-state index < -0.39 is 21.6 Å². The number of ether oxygens (including phenoxy) is 2. The van der Waals surface area contributed by atoms with E-state index in [0.717, 1.165) is 0 Å². The molecule has 0 saturated carbocycles. The second-order valence-electron chi connectivity index (χ2n) is 5.62. The van der Waals surface area contributed by atoms with Crippen LogP contribution >= 0.6 is 0 Å². The number of carbonyl (C=O) groups is 1. The van der Waals surface area contributed by atoms with Gasteiger partial charge in [0.15, 0.2) is 0 Å². The first kappa shape index (κ1) is 19.2. The maximum atomic E-state index is 12.8. The van der Waals surface area contributed by atoms with Gasteiger partial charge < -0.3 is 19.0 Å². The summed E-state index contributed by atoms with van der Waals surface area (Å²) < 4.78 is 43.0. The van der Waals surface area contributed by atoms with Crippen molar-refractivity contribution in [3.05, 3.63) is 58.4 Å². The van der Waals surface area contributed by atoms with E-state index in [4.69, 9.17) is 13.9 Å². The molecule has 0 radical (unpaired) electrons. The van der Waals surface area contributed by atoms with Gasteiger partial charge in [-0.25, -0.2) is 18.0 Å². The van der Waals surface area contributed by atoms with Crippen molar-refractivity contribution in [1.82, 2.24) is 0 Å². The van der Waals surface area contributed by atoms with E-state index in [-0.39, 0.29) is 33.2 Å². The molecule has 1 heterocycles. The van der Waals surface area contributed by atoms with Crippen LogP contribution in [0.15, 0.2) is 56.6 Å². The second kappa shape index (κ2) is 7.24. The van der Waals surface area contributed by atoms with Crippen molar-refractivity contribution >= 4 is 32.6 Å². The molecule has 0 fully saturated rings. The summed E-state index contributed by atoms with van der Waals surface area (Å²) in [5, 5.41) is 9.84. The van der Waals surface area contributed by atoms with Gasteiger partial charge in [0.25, 0.3) is 10.0 Å². The average Bonchev–Trinajstić information content (AvgIpc) is 2.67. The SMILES string of the molecule is COc1cc(OC)c(NS(=O)(=O)c2ccc3oc(=O)ccc3c2)c(C(=O)O)c1. The molecule has 0 aliphatic rings. The zero-order chi connectivity index (χ0) is 20.5. The van der Waals surface area contributed by atoms with Crippen molar-refractivity contribution in [2.45, 2.75) is 4.90 Å². The molecule has 28 heavy (non-hydrogen) atoms. The van der Waals surface area contributed by atoms with E-state index in [2.05, 4.69) is 4.72 Å². The van der Waals surface area contributed by atoms with E-state index in [1.165, 1.54) is 56.7 Å². The fourth-order valence-electron chi connectivity index (χ4n) is 2.55. The Bertz CT molecular complexity index is 1230. The average molecular weight is 405 g/mol. The van der Waals surface area contributed by atoms with Crippen molar-refractivity contribution in [1.29, 1.82) is 0 Å². The molecule has 1 aromatic heterocycles. The van der Waals surface area contributed by atoms with Crippen molar-refractivity contribution in [3.8, 4) is 11.5 Å². The van der Waals surface area contributed by atoms with Gasteiger partial charge >= 0.3 is 11.6 Å². The Kier molecular flexibility index (Phi) is 4.97. The number of fused-ring (bicyclic) bond motifs is 1. The molecule has 0 aliphatic carbocycles. The molecule has 0 spiro atoms. The minimum atomic E-state index is -4.18. The minimum Gasteiger partial charge on any atom is -0.497 e. The summed E-state index contributed by atoms with van der Waals surface area (Å²) in [4.78, 5) is 22.7. The molecule has 9 nitrogen and oxygen atoms in total. The predicted octanol–water partition coefficient (Wildman–Crippen LogP) is 2.31. The summed E-state index contributed by atoms with van der Waals surface area (Å²) >= 11 is 0. The number of hydrogen-bond acceptors (Lipinski definition) is 7. The van der Waals surface area contributed by atoms with Crippen LogP contribution in [-0.4, -0.2) is 33.7 Å². The van der Waals surface area contributed by atoms with Gasteiger partial charge in [0.1, 0.15) is 22.8 Å². The van der Waals surface area contributed by atoms with Crippen LogP contribution in [0.3, 0.4) is 0 Å². The van der Waals surface area contributed by atoms with Gasteiger partial charge in [-0.1, -0.05) is 0 Å². The van der Waals surface area contributed by atoms with Crippen LogP contribution in [-0.2, 0) is 10.0 Å². The predicted molar refractivity (Wildman–Crippen MR) is 99.8 cm³/mol. The lowest BCUT2D eigenvalue weighted by molar-refractivity contribution is 0.0697. The van der Waals surface area contributed by atoms with Crippen molar-refractivity contribution < 1.29 is 32.2 Å². The van der Waals surface area contributed by atoms with Crippen LogP contribution in [0.1, 0.15) is 10.4 Å². The van der Waals surface area contributed by atoms with Gasteiger partial charge in [-0.15, -0.1) is 0 Å². The Hall–Kier alpha value is -3.53. The Labute approximate surface area is 159 Å². The lowest BCUT2D eigenvalue weighted by atomic mass is 10.1. The number of nitrogens with one attached hydrogen (secondary N) is 1. The highest BCUT2D eigenvalue weighted by Crippen LogP contribution is 2.35. The van der Waals surface area contributed by atoms with Crippen molar-refractivity contribution in [2.24, 2.45) is 0 Å². The first-order valence-corrected chi connectivity index (χ1v) is 9.29. The van der Waals surface area contributed by atoms with Gasteiger partial charge in [-0.05, 0) is 30.3 Å². The third-order valence-corrected chi connectivity index (χ3v) is 5.25.